The van der Waals surface area contributed by atoms with Crippen LogP contribution in [0.1, 0.15) is 6.42 Å². The molecule has 13 nitrogen and oxygen atoms in total. The molecule has 1 aliphatic rings. The van der Waals surface area contributed by atoms with Gasteiger partial charge in [-0.3, -0.25) is 33.9 Å². The van der Waals surface area contributed by atoms with Crippen LogP contribution in [0.5, 0.6) is 0 Å². The van der Waals surface area contributed by atoms with Gasteiger partial charge in [0.15, 0.2) is 0 Å². The van der Waals surface area contributed by atoms with Crippen molar-refractivity contribution in [1.29, 1.82) is 0 Å². The summed E-state index contributed by atoms with van der Waals surface area (Å²) in [4.78, 5) is 51.6. The van der Waals surface area contributed by atoms with Gasteiger partial charge in [-0.25, -0.2) is 0 Å². The van der Waals surface area contributed by atoms with Gasteiger partial charge in [0.25, 0.3) is 0 Å². The Morgan fingerprint density at radius 3 is 1.16 bits per heavy atom. The summed E-state index contributed by atoms with van der Waals surface area (Å²) in [5.74, 6) is -4.11. The van der Waals surface area contributed by atoms with Crippen LogP contribution in [0.15, 0.2) is 0 Å². The molecular weight excluding hydrogens is 525 g/mol. The molecular formula is C18H33InN5O8+3. The maximum Gasteiger partial charge on any atom is 3.00 e. The average Bonchev–Trinajstić information content (AvgIpc) is 2.65. The average molecular weight is 558 g/mol. The van der Waals surface area contributed by atoms with Crippen molar-refractivity contribution in [1.82, 2.24) is 19.6 Å². The maximum atomic E-state index is 11.2. The Labute approximate surface area is 205 Å². The number of rotatable bonds is 10. The van der Waals surface area contributed by atoms with E-state index in [1.165, 1.54) is 0 Å². The minimum Gasteiger partial charge on any atom is -0.480 e. The molecule has 0 aromatic carbocycles. The summed E-state index contributed by atoms with van der Waals surface area (Å²) in [5.41, 5.74) is 5.59. The molecule has 0 bridgehead atoms. The number of carbonyl (C=O) groups is 4. The number of hydrogen-bond donors (Lipinski definition) is 5. The van der Waals surface area contributed by atoms with E-state index in [-0.39, 0.29) is 51.9 Å². The van der Waals surface area contributed by atoms with Crippen LogP contribution < -0.4 is 5.73 Å². The number of nitrogens with zero attached hydrogens (tertiary/aromatic N) is 4. The van der Waals surface area contributed by atoms with Gasteiger partial charge in [-0.05, 0) is 6.42 Å². The number of carboxylic acids is 4. The van der Waals surface area contributed by atoms with Gasteiger partial charge in [-0.15, -0.1) is 0 Å². The van der Waals surface area contributed by atoms with Crippen LogP contribution in [0.2, 0.25) is 0 Å². The van der Waals surface area contributed by atoms with E-state index in [1.807, 2.05) is 4.90 Å². The van der Waals surface area contributed by atoms with E-state index in [0.29, 0.717) is 58.9 Å². The number of nitrogens with two attached hydrogens (primary N) is 1. The predicted octanol–water partition coefficient (Wildman–Crippen LogP) is -3.12. The largest absolute Gasteiger partial charge is 3.00 e. The Morgan fingerprint density at radius 1 is 0.625 bits per heavy atom. The summed E-state index contributed by atoms with van der Waals surface area (Å²) in [6.45, 7) is 2.73. The summed E-state index contributed by atoms with van der Waals surface area (Å²) in [7, 11) is 0. The molecule has 0 radical (unpaired) electrons. The molecule has 1 atom stereocenters. The molecule has 1 heterocycles. The summed E-state index contributed by atoms with van der Waals surface area (Å²) < 4.78 is 0. The van der Waals surface area contributed by atoms with E-state index in [4.69, 9.17) is 15.9 Å². The fourth-order valence-corrected chi connectivity index (χ4v) is 3.30. The molecule has 1 aliphatic heterocycles. The first-order valence-electron chi connectivity index (χ1n) is 10.1. The first-order chi connectivity index (χ1) is 14.6. The Bertz CT molecular complexity index is 594. The van der Waals surface area contributed by atoms with Crippen molar-refractivity contribution in [2.24, 2.45) is 5.73 Å². The number of aliphatic carboxylic acids is 4. The standard InChI is InChI=1S/C18H33N5O8.In/c19-14(18(30)31)1-2-20-3-5-21(11-15(24)25)7-9-23(13-17(28)29)10-8-22(6-4-20)12-16(26)27;/h14H,1-13,19H2,(H,24,25)(H,26,27)(H,28,29)(H,30,31);/q;+3/t14-;/m0./s1/i;1-4. The molecule has 1 fully saturated rings. The molecule has 0 aromatic rings. The zero-order valence-electron chi connectivity index (χ0n) is 18.1. The molecule has 0 unspecified atom stereocenters. The molecule has 0 spiro atoms. The fraction of sp³-hybridized carbons (Fsp3) is 0.778. The van der Waals surface area contributed by atoms with Gasteiger partial charge in [-0.2, -0.15) is 0 Å². The quantitative estimate of drug-likeness (QED) is 0.181. The number of hydrogen-bond acceptors (Lipinski definition) is 9. The van der Waals surface area contributed by atoms with Crippen LogP contribution in [0.4, 0.5) is 0 Å². The third-order valence-electron chi connectivity index (χ3n) is 5.08. The van der Waals surface area contributed by atoms with Crippen LogP contribution in [0, 0.1) is 0 Å². The van der Waals surface area contributed by atoms with E-state index in [1.54, 1.807) is 14.7 Å². The SMILES string of the molecule is N[C@@H](CCN1CCN(CC(=O)O)CCN(CC(=O)O)CCN(CC(=O)O)CC1)C(=O)O.[111In+3]. The van der Waals surface area contributed by atoms with E-state index in [2.05, 4.69) is 0 Å². The second-order valence-electron chi connectivity index (χ2n) is 7.58. The van der Waals surface area contributed by atoms with E-state index >= 15 is 0 Å². The third-order valence-corrected chi connectivity index (χ3v) is 5.08. The molecule has 0 saturated carbocycles. The molecule has 32 heavy (non-hydrogen) atoms. The maximum absolute atomic E-state index is 11.2. The van der Waals surface area contributed by atoms with E-state index in [9.17, 15) is 29.4 Å². The Balaban J connectivity index is 0.00000961. The second kappa shape index (κ2) is 16.2. The minimum atomic E-state index is -1.10. The smallest absolute Gasteiger partial charge is 0.480 e. The van der Waals surface area contributed by atoms with Crippen molar-refractivity contribution in [2.75, 3.05) is 78.5 Å². The molecule has 1 rings (SSSR count). The summed E-state index contributed by atoms with van der Waals surface area (Å²) in [6, 6.07) is -1.02. The molecule has 0 amide bonds. The van der Waals surface area contributed by atoms with Crippen molar-refractivity contribution in [2.45, 2.75) is 12.5 Å². The van der Waals surface area contributed by atoms with E-state index in [0.717, 1.165) is 0 Å². The van der Waals surface area contributed by atoms with Crippen LogP contribution in [0.3, 0.4) is 0 Å². The van der Waals surface area contributed by atoms with Crippen LogP contribution in [-0.2, 0) is 19.2 Å². The van der Waals surface area contributed by atoms with Crippen molar-refractivity contribution in [3.63, 3.8) is 0 Å². The van der Waals surface area contributed by atoms with Gasteiger partial charge in [0.1, 0.15) is 6.04 Å². The Kier molecular flexibility index (Phi) is 15.5. The molecule has 178 valence electrons. The second-order valence-corrected chi connectivity index (χ2v) is 7.58. The third kappa shape index (κ3) is 13.9. The van der Waals surface area contributed by atoms with Crippen LogP contribution in [-0.4, -0.2) is 174 Å². The molecule has 6 N–H and O–H groups in total. The predicted molar refractivity (Wildman–Crippen MR) is 115 cm³/mol. The zero-order valence-corrected chi connectivity index (χ0v) is 21.4. The summed E-state index contributed by atoms with van der Waals surface area (Å²) in [6.07, 6.45) is 0.208. The summed E-state index contributed by atoms with van der Waals surface area (Å²) in [5, 5.41) is 36.5. The molecule has 0 aliphatic carbocycles. The van der Waals surface area contributed by atoms with Gasteiger partial charge in [-0.1, -0.05) is 0 Å². The van der Waals surface area contributed by atoms with E-state index < -0.39 is 29.9 Å². The van der Waals surface area contributed by atoms with Crippen molar-refractivity contribution in [3.8, 4) is 0 Å². The minimum absolute atomic E-state index is 0. The van der Waals surface area contributed by atoms with Gasteiger partial charge in [0.05, 0.1) is 19.6 Å². The van der Waals surface area contributed by atoms with Crippen molar-refractivity contribution < 1.29 is 39.6 Å². The zero-order chi connectivity index (χ0) is 23.4. The molecule has 1 saturated heterocycles. The van der Waals surface area contributed by atoms with Crippen molar-refractivity contribution >= 4 is 49.7 Å². The van der Waals surface area contributed by atoms with Gasteiger partial charge < -0.3 is 31.1 Å². The normalized spacial score (nSPS) is 19.2. The monoisotopic (exact) mass is 558 g/mol. The first kappa shape index (κ1) is 30.6. The topological polar surface area (TPSA) is 188 Å². The molecule has 0 aromatic heterocycles. The molecule has 14 heteroatoms. The Hall–Kier alpha value is -1.45. The van der Waals surface area contributed by atoms with Gasteiger partial charge in [0, 0.05) is 58.9 Å². The summed E-state index contributed by atoms with van der Waals surface area (Å²) >= 11 is 0. The van der Waals surface area contributed by atoms with Crippen LogP contribution >= 0.6 is 0 Å². The number of carboxylic acid groups (broad SMARTS) is 4. The van der Waals surface area contributed by atoms with Crippen LogP contribution in [0.25, 0.3) is 0 Å². The Morgan fingerprint density at radius 2 is 0.906 bits per heavy atom. The van der Waals surface area contributed by atoms with Crippen molar-refractivity contribution in [3.05, 3.63) is 0 Å². The fourth-order valence-electron chi connectivity index (χ4n) is 3.30. The first-order valence-corrected chi connectivity index (χ1v) is 10.1. The van der Waals surface area contributed by atoms with Gasteiger partial charge >= 0.3 is 49.7 Å². The van der Waals surface area contributed by atoms with Gasteiger partial charge in [0.2, 0.25) is 0 Å².